The van der Waals surface area contributed by atoms with Gasteiger partial charge in [0.1, 0.15) is 0 Å². The summed E-state index contributed by atoms with van der Waals surface area (Å²) in [5.74, 6) is 0. The molecule has 5 heteroatoms. The van der Waals surface area contributed by atoms with Crippen molar-refractivity contribution in [3.63, 3.8) is 0 Å². The molecule has 0 aromatic carbocycles. The van der Waals surface area contributed by atoms with Crippen molar-refractivity contribution >= 4 is 8.80 Å². The first kappa shape index (κ1) is 23.8. The lowest BCUT2D eigenvalue weighted by Gasteiger charge is -2.30. The van der Waals surface area contributed by atoms with Crippen LogP contribution in [0.4, 0.5) is 0 Å². The van der Waals surface area contributed by atoms with E-state index >= 15 is 0 Å². The molecule has 0 N–H and O–H groups in total. The molecule has 0 aliphatic rings. The summed E-state index contributed by atoms with van der Waals surface area (Å²) >= 11 is 0. The van der Waals surface area contributed by atoms with Crippen molar-refractivity contribution in [2.24, 2.45) is 0 Å². The van der Waals surface area contributed by atoms with Gasteiger partial charge in [-0.3, -0.25) is 0 Å². The molecule has 0 aromatic heterocycles. The number of hydrogen-bond acceptors (Lipinski definition) is 4. The molecule has 0 radical (unpaired) electrons. The van der Waals surface area contributed by atoms with Gasteiger partial charge in [-0.25, -0.2) is 0 Å². The third-order valence-electron chi connectivity index (χ3n) is 3.58. The molecule has 24 heavy (non-hydrogen) atoms. The van der Waals surface area contributed by atoms with E-state index in [9.17, 15) is 0 Å². The van der Waals surface area contributed by atoms with Crippen LogP contribution in [-0.4, -0.2) is 41.8 Å². The van der Waals surface area contributed by atoms with Crippen LogP contribution in [0.1, 0.15) is 72.6 Å². The van der Waals surface area contributed by atoms with Crippen LogP contribution < -0.4 is 0 Å². The summed E-state index contributed by atoms with van der Waals surface area (Å²) in [4.78, 5) is 0. The Morgan fingerprint density at radius 2 is 1.21 bits per heavy atom. The first-order valence-corrected chi connectivity index (χ1v) is 11.7. The molecule has 0 saturated carbocycles. The molecule has 0 aromatic rings. The summed E-state index contributed by atoms with van der Waals surface area (Å²) in [7, 11) is -2.59. The molecule has 0 spiro atoms. The van der Waals surface area contributed by atoms with E-state index in [1.807, 2.05) is 6.92 Å². The van der Waals surface area contributed by atoms with Gasteiger partial charge in [0.05, 0.1) is 6.61 Å². The van der Waals surface area contributed by atoms with E-state index in [1.165, 1.54) is 0 Å². The second kappa shape index (κ2) is 16.3. The van der Waals surface area contributed by atoms with Crippen molar-refractivity contribution in [1.82, 2.24) is 0 Å². The van der Waals surface area contributed by atoms with Crippen LogP contribution in [0.15, 0.2) is 12.2 Å². The molecule has 0 fully saturated rings. The minimum Gasteiger partial charge on any atom is -0.377 e. The Balaban J connectivity index is 4.56. The SMILES string of the molecule is C=C(C)COCCC[Si](OCCCC)(OCCCC)OCCCC. The number of unbranched alkanes of at least 4 members (excludes halogenated alkanes) is 3. The normalized spacial score (nSPS) is 11.8. The minimum absolute atomic E-state index is 0.624. The van der Waals surface area contributed by atoms with Crippen LogP contribution in [0.5, 0.6) is 0 Å². The second-order valence-electron chi connectivity index (χ2n) is 6.40. The Hall–Kier alpha value is -0.203. The smallest absolute Gasteiger partial charge is 0.377 e. The topological polar surface area (TPSA) is 36.9 Å². The van der Waals surface area contributed by atoms with E-state index in [0.717, 1.165) is 76.4 Å². The summed E-state index contributed by atoms with van der Waals surface area (Å²) in [6.45, 7) is 15.9. The molecular weight excluding hydrogens is 320 g/mol. The molecule has 144 valence electrons. The first-order valence-electron chi connectivity index (χ1n) is 9.74. The van der Waals surface area contributed by atoms with Crippen LogP contribution in [0.3, 0.4) is 0 Å². The van der Waals surface area contributed by atoms with Crippen molar-refractivity contribution in [1.29, 1.82) is 0 Å². The van der Waals surface area contributed by atoms with Gasteiger partial charge in [-0.1, -0.05) is 52.2 Å². The molecule has 0 rings (SSSR count). The maximum absolute atomic E-state index is 6.21. The van der Waals surface area contributed by atoms with Gasteiger partial charge in [0.25, 0.3) is 0 Å². The lowest BCUT2D eigenvalue weighted by molar-refractivity contribution is 0.0529. The van der Waals surface area contributed by atoms with Gasteiger partial charge < -0.3 is 18.0 Å². The minimum atomic E-state index is -2.59. The van der Waals surface area contributed by atoms with E-state index < -0.39 is 8.80 Å². The molecule has 0 aliphatic heterocycles. The van der Waals surface area contributed by atoms with Crippen molar-refractivity contribution in [2.75, 3.05) is 33.0 Å². The van der Waals surface area contributed by atoms with Crippen LogP contribution >= 0.6 is 0 Å². The van der Waals surface area contributed by atoms with Gasteiger partial charge in [0, 0.05) is 32.5 Å². The van der Waals surface area contributed by atoms with Crippen molar-refractivity contribution in [3.8, 4) is 0 Å². The maximum atomic E-state index is 6.21. The predicted octanol–water partition coefficient (Wildman–Crippen LogP) is 5.36. The molecule has 4 nitrogen and oxygen atoms in total. The van der Waals surface area contributed by atoms with Crippen LogP contribution in [0.2, 0.25) is 6.04 Å². The Kier molecular flexibility index (Phi) is 16.1. The molecule has 0 aliphatic carbocycles. The van der Waals surface area contributed by atoms with Crippen molar-refractivity contribution in [3.05, 3.63) is 12.2 Å². The van der Waals surface area contributed by atoms with Gasteiger partial charge in [-0.05, 0) is 32.6 Å². The summed E-state index contributed by atoms with van der Waals surface area (Å²) in [5.41, 5.74) is 1.05. The average molecular weight is 361 g/mol. The van der Waals surface area contributed by atoms with Crippen LogP contribution in [0.25, 0.3) is 0 Å². The zero-order chi connectivity index (χ0) is 18.1. The summed E-state index contributed by atoms with van der Waals surface area (Å²) in [6.07, 6.45) is 7.42. The molecule has 0 bridgehead atoms. The second-order valence-corrected chi connectivity index (χ2v) is 9.13. The zero-order valence-electron chi connectivity index (χ0n) is 16.5. The van der Waals surface area contributed by atoms with Crippen LogP contribution in [-0.2, 0) is 18.0 Å². The standard InChI is InChI=1S/C19H40O4Si/c1-6-9-14-21-24(22-15-10-7-2,23-16-11-8-3)17-12-13-20-18-19(4)5/h4,6-18H2,1-3,5H3. The molecule has 0 heterocycles. The predicted molar refractivity (Wildman–Crippen MR) is 103 cm³/mol. The van der Waals surface area contributed by atoms with Gasteiger partial charge in [-0.2, -0.15) is 0 Å². The molecule has 0 amide bonds. The largest absolute Gasteiger partial charge is 0.501 e. The summed E-state index contributed by atoms with van der Waals surface area (Å²) in [5, 5.41) is 0. The van der Waals surface area contributed by atoms with Gasteiger partial charge in [0.15, 0.2) is 0 Å². The third-order valence-corrected chi connectivity index (χ3v) is 6.48. The lowest BCUT2D eigenvalue weighted by Crippen LogP contribution is -2.46. The summed E-state index contributed by atoms with van der Waals surface area (Å²) < 4.78 is 24.3. The fraction of sp³-hybridized carbons (Fsp3) is 0.895. The molecular formula is C19H40O4Si. The number of rotatable bonds is 18. The Bertz CT molecular complexity index is 271. The molecule has 0 unspecified atom stereocenters. The quantitative estimate of drug-likeness (QED) is 0.187. The van der Waals surface area contributed by atoms with Crippen LogP contribution in [0, 0.1) is 0 Å². The fourth-order valence-corrected chi connectivity index (χ4v) is 4.72. The molecule has 0 saturated heterocycles. The Morgan fingerprint density at radius 3 is 1.58 bits per heavy atom. The number of hydrogen-bond donors (Lipinski definition) is 0. The third kappa shape index (κ3) is 13.1. The van der Waals surface area contributed by atoms with Gasteiger partial charge in [-0.15, -0.1) is 0 Å². The summed E-state index contributed by atoms with van der Waals surface area (Å²) in [6, 6.07) is 0.834. The highest BCUT2D eigenvalue weighted by Gasteiger charge is 2.40. The van der Waals surface area contributed by atoms with Crippen molar-refractivity contribution < 1.29 is 18.0 Å². The highest BCUT2D eigenvalue weighted by Crippen LogP contribution is 2.20. The Labute approximate surface area is 151 Å². The van der Waals surface area contributed by atoms with E-state index in [1.54, 1.807) is 0 Å². The van der Waals surface area contributed by atoms with E-state index in [-0.39, 0.29) is 0 Å². The number of ether oxygens (including phenoxy) is 1. The monoisotopic (exact) mass is 360 g/mol. The van der Waals surface area contributed by atoms with Crippen molar-refractivity contribution in [2.45, 2.75) is 78.7 Å². The van der Waals surface area contributed by atoms with Gasteiger partial charge in [0.2, 0.25) is 0 Å². The maximum Gasteiger partial charge on any atom is 0.501 e. The highest BCUT2D eigenvalue weighted by molar-refractivity contribution is 6.60. The van der Waals surface area contributed by atoms with E-state index in [2.05, 4.69) is 27.4 Å². The Morgan fingerprint density at radius 1 is 0.750 bits per heavy atom. The lowest BCUT2D eigenvalue weighted by atomic mass is 10.4. The first-order chi connectivity index (χ1) is 11.6. The fourth-order valence-electron chi connectivity index (χ4n) is 2.09. The molecule has 0 atom stereocenters. The average Bonchev–Trinajstić information content (AvgIpc) is 2.55. The zero-order valence-corrected chi connectivity index (χ0v) is 17.5. The van der Waals surface area contributed by atoms with E-state index in [4.69, 9.17) is 18.0 Å². The van der Waals surface area contributed by atoms with Gasteiger partial charge >= 0.3 is 8.80 Å². The highest BCUT2D eigenvalue weighted by atomic mass is 28.4. The van der Waals surface area contributed by atoms with E-state index in [0.29, 0.717) is 13.2 Å².